The van der Waals surface area contributed by atoms with Crippen LogP contribution in [0.4, 0.5) is 10.6 Å². The largest absolute Gasteiger partial charge is 0.497 e. The molecule has 1 amide bonds. The van der Waals surface area contributed by atoms with Crippen LogP contribution in [0.1, 0.15) is 68.4 Å². The van der Waals surface area contributed by atoms with E-state index < -0.39 is 5.60 Å². The van der Waals surface area contributed by atoms with E-state index in [0.29, 0.717) is 73.8 Å². The van der Waals surface area contributed by atoms with Gasteiger partial charge in [0.2, 0.25) is 0 Å². The number of ether oxygens (including phenoxy) is 5. The third-order valence-electron chi connectivity index (χ3n) is 10.7. The first-order valence-corrected chi connectivity index (χ1v) is 19.2. The van der Waals surface area contributed by atoms with Gasteiger partial charge in [-0.15, -0.1) is 0 Å². The van der Waals surface area contributed by atoms with Crippen molar-refractivity contribution in [3.63, 3.8) is 0 Å². The molecule has 2 aliphatic rings. The Morgan fingerprint density at radius 1 is 0.893 bits per heavy atom. The fourth-order valence-electron chi connectivity index (χ4n) is 7.37. The Hall–Kier alpha value is -5.72. The minimum Gasteiger partial charge on any atom is -0.497 e. The van der Waals surface area contributed by atoms with E-state index in [1.54, 1.807) is 30.8 Å². The number of H-pyrrole nitrogens is 1. The van der Waals surface area contributed by atoms with Gasteiger partial charge in [0.15, 0.2) is 11.5 Å². The van der Waals surface area contributed by atoms with Crippen molar-refractivity contribution < 1.29 is 28.5 Å². The molecule has 56 heavy (non-hydrogen) atoms. The van der Waals surface area contributed by atoms with Crippen LogP contribution in [0.25, 0.3) is 11.2 Å². The van der Waals surface area contributed by atoms with Crippen molar-refractivity contribution in [2.24, 2.45) is 11.8 Å². The Morgan fingerprint density at radius 2 is 1.55 bits per heavy atom. The number of aromatic nitrogens is 4. The maximum atomic E-state index is 14.0. The van der Waals surface area contributed by atoms with Crippen molar-refractivity contribution in [1.82, 2.24) is 24.4 Å². The number of aromatic amines is 1. The highest BCUT2D eigenvalue weighted by Gasteiger charge is 2.30. The van der Waals surface area contributed by atoms with Gasteiger partial charge >= 0.3 is 17.8 Å². The van der Waals surface area contributed by atoms with E-state index in [1.165, 1.54) is 6.42 Å². The van der Waals surface area contributed by atoms with E-state index >= 15 is 0 Å². The number of carbonyl (C=O) groups excluding carboxylic acids is 1. The van der Waals surface area contributed by atoms with Gasteiger partial charge < -0.3 is 38.5 Å². The first kappa shape index (κ1) is 38.6. The predicted molar refractivity (Wildman–Crippen MR) is 214 cm³/mol. The van der Waals surface area contributed by atoms with Crippen LogP contribution in [-0.2, 0) is 37.3 Å². The van der Waals surface area contributed by atoms with Gasteiger partial charge in [-0.2, -0.15) is 9.97 Å². The van der Waals surface area contributed by atoms with Crippen LogP contribution in [0.3, 0.4) is 0 Å². The number of methoxy groups -OCH3 is 3. The number of hydrogen-bond acceptors (Lipinski definition) is 10. The lowest BCUT2D eigenvalue weighted by atomic mass is 9.76. The Bertz CT molecular complexity index is 2180. The number of hydrogen-bond donors (Lipinski definition) is 1. The highest BCUT2D eigenvalue weighted by atomic mass is 16.6. The Kier molecular flexibility index (Phi) is 11.1. The molecule has 0 radical (unpaired) electrons. The average molecular weight is 765 g/mol. The van der Waals surface area contributed by atoms with Crippen LogP contribution < -0.4 is 29.5 Å². The molecule has 0 bridgehead atoms. The third kappa shape index (κ3) is 8.56. The molecule has 1 aliphatic carbocycles. The summed E-state index contributed by atoms with van der Waals surface area (Å²) in [5, 5.41) is 0. The van der Waals surface area contributed by atoms with Crippen LogP contribution >= 0.6 is 0 Å². The summed E-state index contributed by atoms with van der Waals surface area (Å²) in [6, 6.07) is 20.0. The number of anilines is 1. The van der Waals surface area contributed by atoms with E-state index in [2.05, 4.69) is 16.8 Å². The Morgan fingerprint density at radius 3 is 2.11 bits per heavy atom. The average Bonchev–Trinajstić information content (AvgIpc) is 3.49. The van der Waals surface area contributed by atoms with E-state index in [1.807, 2.05) is 81.4 Å². The summed E-state index contributed by atoms with van der Waals surface area (Å²) in [6.45, 7) is 10.4. The van der Waals surface area contributed by atoms with Gasteiger partial charge in [0, 0.05) is 31.7 Å². The summed E-state index contributed by atoms with van der Waals surface area (Å²) in [4.78, 5) is 43.9. The van der Waals surface area contributed by atoms with Crippen molar-refractivity contribution >= 4 is 23.1 Å². The third-order valence-corrected chi connectivity index (χ3v) is 10.7. The first-order valence-electron chi connectivity index (χ1n) is 19.2. The molecule has 2 atom stereocenters. The molecule has 1 saturated carbocycles. The lowest BCUT2D eigenvalue weighted by Gasteiger charge is -2.33. The van der Waals surface area contributed by atoms with Gasteiger partial charge in [-0.1, -0.05) is 37.3 Å². The molecule has 2 aromatic heterocycles. The minimum absolute atomic E-state index is 0.196. The molecule has 296 valence electrons. The van der Waals surface area contributed by atoms with Crippen molar-refractivity contribution in [1.29, 1.82) is 0 Å². The Labute approximate surface area is 327 Å². The van der Waals surface area contributed by atoms with Gasteiger partial charge in [-0.25, -0.2) is 9.59 Å². The molecule has 3 aromatic carbocycles. The van der Waals surface area contributed by atoms with Crippen LogP contribution in [0.15, 0.2) is 65.5 Å². The second kappa shape index (κ2) is 16.2. The molecule has 0 saturated heterocycles. The SMILES string of the molecule is COc1ccc(CN(Cc2ccc(OC)cc2)c2nc(OC[C@@H]3CC[C@H]3C)nc3c2[nH]c(=O)n3Cc2cc3c(c(OC)c2)CCN(C(=O)OC(C)(C)C)C3)cc1. The van der Waals surface area contributed by atoms with Crippen LogP contribution in [-0.4, -0.2) is 70.6 Å². The van der Waals surface area contributed by atoms with Crippen LogP contribution in [0.5, 0.6) is 23.3 Å². The van der Waals surface area contributed by atoms with E-state index in [0.717, 1.165) is 45.7 Å². The van der Waals surface area contributed by atoms with Crippen molar-refractivity contribution in [2.45, 2.75) is 78.7 Å². The summed E-state index contributed by atoms with van der Waals surface area (Å²) in [5.74, 6) is 3.77. The fourth-order valence-corrected chi connectivity index (χ4v) is 7.37. The zero-order chi connectivity index (χ0) is 39.6. The number of fused-ring (bicyclic) bond motifs is 2. The number of nitrogens with zero attached hydrogens (tertiary/aromatic N) is 5. The van der Waals surface area contributed by atoms with E-state index in [4.69, 9.17) is 33.7 Å². The molecular formula is C43H52N6O7. The number of imidazole rings is 1. The summed E-state index contributed by atoms with van der Waals surface area (Å²) in [7, 11) is 4.94. The van der Waals surface area contributed by atoms with Gasteiger partial charge in [0.25, 0.3) is 0 Å². The smallest absolute Gasteiger partial charge is 0.410 e. The lowest BCUT2D eigenvalue weighted by molar-refractivity contribution is 0.0223. The highest BCUT2D eigenvalue weighted by Crippen LogP contribution is 2.35. The minimum atomic E-state index is -0.605. The molecule has 5 aromatic rings. The zero-order valence-corrected chi connectivity index (χ0v) is 33.4. The summed E-state index contributed by atoms with van der Waals surface area (Å²) < 4.78 is 30.4. The molecule has 1 aliphatic heterocycles. The highest BCUT2D eigenvalue weighted by molar-refractivity contribution is 5.84. The number of benzene rings is 3. The predicted octanol–water partition coefficient (Wildman–Crippen LogP) is 7.12. The zero-order valence-electron chi connectivity index (χ0n) is 33.4. The first-order chi connectivity index (χ1) is 26.9. The second-order valence-corrected chi connectivity index (χ2v) is 15.8. The summed E-state index contributed by atoms with van der Waals surface area (Å²) in [6.07, 6.45) is 2.54. The monoisotopic (exact) mass is 764 g/mol. The molecule has 7 rings (SSSR count). The molecule has 1 fully saturated rings. The van der Waals surface area contributed by atoms with Crippen molar-refractivity contribution in [3.8, 4) is 23.3 Å². The molecule has 3 heterocycles. The van der Waals surface area contributed by atoms with Gasteiger partial charge in [-0.3, -0.25) is 4.57 Å². The lowest BCUT2D eigenvalue weighted by Crippen LogP contribution is -2.40. The molecule has 13 heteroatoms. The Balaban J connectivity index is 1.29. The van der Waals surface area contributed by atoms with E-state index in [-0.39, 0.29) is 24.3 Å². The topological polar surface area (TPSA) is 133 Å². The maximum Gasteiger partial charge on any atom is 0.410 e. The quantitative estimate of drug-likeness (QED) is 0.132. The van der Waals surface area contributed by atoms with Gasteiger partial charge in [0.05, 0.1) is 34.5 Å². The molecule has 0 unspecified atom stereocenters. The van der Waals surface area contributed by atoms with Crippen LogP contribution in [0, 0.1) is 11.8 Å². The van der Waals surface area contributed by atoms with Gasteiger partial charge in [-0.05, 0) is 104 Å². The van der Waals surface area contributed by atoms with Gasteiger partial charge in [0.1, 0.15) is 28.4 Å². The van der Waals surface area contributed by atoms with E-state index in [9.17, 15) is 9.59 Å². The number of nitrogens with one attached hydrogen (secondary N) is 1. The van der Waals surface area contributed by atoms with Crippen LogP contribution in [0.2, 0.25) is 0 Å². The second-order valence-electron chi connectivity index (χ2n) is 15.8. The molecule has 1 N–H and O–H groups in total. The van der Waals surface area contributed by atoms with Crippen molar-refractivity contribution in [2.75, 3.05) is 39.4 Å². The molecule has 0 spiro atoms. The standard InChI is InChI=1S/C43H52N6O7/c1-27-8-13-31(27)26-55-40-45-38(48(22-28-9-14-33(52-5)15-10-28)23-29-11-16-34(53-6)17-12-29)37-39(46-40)49(41(50)44-37)24-30-20-32-25-47(42(51)56-43(2,3)4)19-18-35(32)36(21-30)54-7/h9-12,14-17,20-21,27,31H,8,13,18-19,22-26H2,1-7H3,(H,44,50)/t27-,31+/m1/s1. The van der Waals surface area contributed by atoms with Crippen molar-refractivity contribution in [3.05, 3.63) is 99.0 Å². The number of carbonyl (C=O) groups is 1. The molecule has 13 nitrogen and oxygen atoms in total. The number of amides is 1. The molecular weight excluding hydrogens is 713 g/mol. The number of rotatable bonds is 13. The normalized spacial score (nSPS) is 16.5. The maximum absolute atomic E-state index is 14.0. The fraction of sp³-hybridized carbons (Fsp3) is 0.442. The summed E-state index contributed by atoms with van der Waals surface area (Å²) >= 11 is 0. The summed E-state index contributed by atoms with van der Waals surface area (Å²) in [5.41, 5.74) is 4.87.